The smallest absolute Gasteiger partial charge is 0.407 e. The molecule has 1 amide bonds. The Morgan fingerprint density at radius 2 is 2.18 bits per heavy atom. The minimum atomic E-state index is -0.483. The summed E-state index contributed by atoms with van der Waals surface area (Å²) in [5.41, 5.74) is 8.85. The van der Waals surface area contributed by atoms with Crippen molar-refractivity contribution in [3.63, 3.8) is 0 Å². The average molecular weight is 387 g/mol. The van der Waals surface area contributed by atoms with E-state index >= 15 is 0 Å². The van der Waals surface area contributed by atoms with E-state index in [1.807, 2.05) is 33.0 Å². The lowest BCUT2D eigenvalue weighted by Gasteiger charge is -2.34. The predicted octanol–water partition coefficient (Wildman–Crippen LogP) is 3.27. The monoisotopic (exact) mass is 387 g/mol. The molecule has 3 rings (SSSR count). The zero-order valence-corrected chi connectivity index (χ0v) is 16.7. The third-order valence-electron chi connectivity index (χ3n) is 4.98. The van der Waals surface area contributed by atoms with Crippen molar-refractivity contribution in [1.29, 1.82) is 5.53 Å². The van der Waals surface area contributed by atoms with Gasteiger partial charge in [0, 0.05) is 24.7 Å². The second kappa shape index (κ2) is 8.64. The average Bonchev–Trinajstić information content (AvgIpc) is 3.11. The van der Waals surface area contributed by atoms with Crippen LogP contribution in [0.25, 0.3) is 11.0 Å². The number of rotatable bonds is 6. The number of alkyl carbamates (subject to hydrolysis) is 1. The molecule has 0 bridgehead atoms. The van der Waals surface area contributed by atoms with E-state index < -0.39 is 5.60 Å². The van der Waals surface area contributed by atoms with Crippen LogP contribution < -0.4 is 5.32 Å². The Balaban J connectivity index is 1.50. The maximum atomic E-state index is 11.7. The Morgan fingerprint density at radius 1 is 1.43 bits per heavy atom. The third kappa shape index (κ3) is 5.03. The van der Waals surface area contributed by atoms with Crippen LogP contribution in [-0.2, 0) is 4.74 Å². The molecule has 1 atom stereocenters. The zero-order valence-electron chi connectivity index (χ0n) is 16.7. The molecule has 1 aliphatic rings. The first-order valence-corrected chi connectivity index (χ1v) is 9.71. The molecular formula is C19H29N7O2. The van der Waals surface area contributed by atoms with E-state index in [2.05, 4.69) is 30.3 Å². The summed E-state index contributed by atoms with van der Waals surface area (Å²) in [6.07, 6.45) is 4.87. The molecule has 1 aliphatic heterocycles. The van der Waals surface area contributed by atoms with Crippen molar-refractivity contribution in [3.8, 4) is 0 Å². The number of piperidine rings is 1. The number of carbonyl (C=O) groups is 1. The molecule has 152 valence electrons. The highest BCUT2D eigenvalue weighted by Crippen LogP contribution is 2.35. The molecule has 3 N–H and O–H groups in total. The van der Waals surface area contributed by atoms with Gasteiger partial charge < -0.3 is 19.9 Å². The van der Waals surface area contributed by atoms with Crippen molar-refractivity contribution in [2.45, 2.75) is 45.3 Å². The molecule has 2 aromatic heterocycles. The number of ether oxygens (including phenoxy) is 1. The number of nitrogens with zero attached hydrogens (tertiary/aromatic N) is 4. The van der Waals surface area contributed by atoms with Crippen LogP contribution in [0.15, 0.2) is 23.7 Å². The molecule has 0 radical (unpaired) electrons. The Labute approximate surface area is 164 Å². The van der Waals surface area contributed by atoms with Crippen molar-refractivity contribution >= 4 is 17.1 Å². The minimum absolute atomic E-state index is 0.247. The quantitative estimate of drug-likeness (QED) is 0.657. The minimum Gasteiger partial charge on any atom is -0.444 e. The topological polar surface area (TPSA) is 119 Å². The van der Waals surface area contributed by atoms with Gasteiger partial charge in [-0.25, -0.2) is 20.3 Å². The van der Waals surface area contributed by atoms with Crippen molar-refractivity contribution < 1.29 is 9.53 Å². The van der Waals surface area contributed by atoms with Crippen molar-refractivity contribution in [2.24, 2.45) is 11.0 Å². The van der Waals surface area contributed by atoms with Gasteiger partial charge >= 0.3 is 6.09 Å². The molecule has 2 aromatic rings. The van der Waals surface area contributed by atoms with Crippen LogP contribution in [0.5, 0.6) is 0 Å². The molecular weight excluding hydrogens is 358 g/mol. The number of carbonyl (C=O) groups excluding carboxylic acids is 1. The predicted molar refractivity (Wildman–Crippen MR) is 105 cm³/mol. The van der Waals surface area contributed by atoms with Crippen LogP contribution in [0.1, 0.15) is 45.3 Å². The molecule has 1 unspecified atom stereocenters. The number of nitrogens with one attached hydrogen (secondary N) is 3. The maximum absolute atomic E-state index is 11.7. The van der Waals surface area contributed by atoms with Gasteiger partial charge in [-0.15, -0.1) is 0 Å². The summed E-state index contributed by atoms with van der Waals surface area (Å²) in [5.74, 6) is 0.278. The number of H-pyrrole nitrogens is 1. The number of aromatic nitrogens is 3. The number of amides is 1. The van der Waals surface area contributed by atoms with E-state index in [-0.39, 0.29) is 18.1 Å². The Kier molecular flexibility index (Phi) is 6.23. The SMILES string of the molecule is CC(C)(C)OC(=O)NCCN1CCC(C(N=N)c2ncnc3[nH]ccc23)CC1. The van der Waals surface area contributed by atoms with Gasteiger partial charge in [-0.2, -0.15) is 5.11 Å². The Bertz CT molecular complexity index is 806. The van der Waals surface area contributed by atoms with Crippen molar-refractivity contribution in [2.75, 3.05) is 26.2 Å². The van der Waals surface area contributed by atoms with Crippen LogP contribution in [-0.4, -0.2) is 57.7 Å². The number of aromatic amines is 1. The normalized spacial score (nSPS) is 17.4. The van der Waals surface area contributed by atoms with Crippen molar-refractivity contribution in [1.82, 2.24) is 25.2 Å². The summed E-state index contributed by atoms with van der Waals surface area (Å²) in [6.45, 7) is 8.71. The maximum Gasteiger partial charge on any atom is 0.407 e. The highest BCUT2D eigenvalue weighted by Gasteiger charge is 2.30. The summed E-state index contributed by atoms with van der Waals surface area (Å²) in [6, 6.07) is 1.70. The molecule has 3 heterocycles. The first-order valence-electron chi connectivity index (χ1n) is 9.71. The molecule has 28 heavy (non-hydrogen) atoms. The summed E-state index contributed by atoms with van der Waals surface area (Å²) in [5, 5.41) is 7.65. The fourth-order valence-electron chi connectivity index (χ4n) is 3.64. The molecule has 0 aliphatic carbocycles. The van der Waals surface area contributed by atoms with Crippen LogP contribution >= 0.6 is 0 Å². The highest BCUT2D eigenvalue weighted by molar-refractivity contribution is 5.78. The van der Waals surface area contributed by atoms with Gasteiger partial charge in [-0.1, -0.05) is 0 Å². The molecule has 9 heteroatoms. The fourth-order valence-corrected chi connectivity index (χ4v) is 3.64. The molecule has 0 aromatic carbocycles. The molecule has 1 saturated heterocycles. The van der Waals surface area contributed by atoms with E-state index in [0.29, 0.717) is 6.54 Å². The van der Waals surface area contributed by atoms with E-state index in [9.17, 15) is 4.79 Å². The van der Waals surface area contributed by atoms with E-state index in [4.69, 9.17) is 10.3 Å². The van der Waals surface area contributed by atoms with Gasteiger partial charge in [0.05, 0.1) is 5.69 Å². The second-order valence-corrected chi connectivity index (χ2v) is 8.18. The van der Waals surface area contributed by atoms with E-state index in [1.165, 1.54) is 6.33 Å². The molecule has 0 spiro atoms. The number of hydrogen-bond donors (Lipinski definition) is 3. The lowest BCUT2D eigenvalue weighted by Crippen LogP contribution is -2.41. The van der Waals surface area contributed by atoms with Crippen LogP contribution in [0, 0.1) is 11.4 Å². The third-order valence-corrected chi connectivity index (χ3v) is 4.98. The zero-order chi connectivity index (χ0) is 20.1. The summed E-state index contributed by atoms with van der Waals surface area (Å²) in [7, 11) is 0. The largest absolute Gasteiger partial charge is 0.444 e. The van der Waals surface area contributed by atoms with Crippen LogP contribution in [0.3, 0.4) is 0 Å². The number of likely N-dealkylation sites (tertiary alicyclic amines) is 1. The second-order valence-electron chi connectivity index (χ2n) is 8.18. The van der Waals surface area contributed by atoms with Crippen LogP contribution in [0.2, 0.25) is 0 Å². The standard InChI is InChI=1S/C19H29N7O2/c1-19(2,3)28-18(27)22-8-11-26-9-5-13(6-10-26)15(25-20)16-14-4-7-21-17(14)24-12-23-16/h4,7,12-13,15,20H,5-6,8-11H2,1-3H3,(H,22,27)(H,21,23,24). The number of fused-ring (bicyclic) bond motifs is 1. The molecule has 1 fully saturated rings. The molecule has 9 nitrogen and oxygen atoms in total. The van der Waals surface area contributed by atoms with Crippen molar-refractivity contribution in [3.05, 3.63) is 24.3 Å². The lowest BCUT2D eigenvalue weighted by molar-refractivity contribution is 0.0518. The van der Waals surface area contributed by atoms with Gasteiger partial charge in [0.25, 0.3) is 0 Å². The summed E-state index contributed by atoms with van der Waals surface area (Å²) < 4.78 is 5.25. The molecule has 0 saturated carbocycles. The van der Waals surface area contributed by atoms with Gasteiger partial charge in [-0.3, -0.25) is 0 Å². The van der Waals surface area contributed by atoms with Gasteiger partial charge in [0.2, 0.25) is 0 Å². The Morgan fingerprint density at radius 3 is 2.86 bits per heavy atom. The summed E-state index contributed by atoms with van der Waals surface area (Å²) in [4.78, 5) is 25.8. The fraction of sp³-hybridized carbons (Fsp3) is 0.632. The first-order chi connectivity index (χ1) is 13.4. The van der Waals surface area contributed by atoms with E-state index in [0.717, 1.165) is 49.2 Å². The Hall–Kier alpha value is -2.55. The highest BCUT2D eigenvalue weighted by atomic mass is 16.6. The number of hydrogen-bond acceptors (Lipinski definition) is 7. The van der Waals surface area contributed by atoms with Gasteiger partial charge in [0.15, 0.2) is 0 Å². The van der Waals surface area contributed by atoms with Gasteiger partial charge in [0.1, 0.15) is 23.6 Å². The van der Waals surface area contributed by atoms with Crippen LogP contribution in [0.4, 0.5) is 4.79 Å². The first kappa shape index (κ1) is 20.2. The van der Waals surface area contributed by atoms with Gasteiger partial charge in [-0.05, 0) is 58.7 Å². The summed E-state index contributed by atoms with van der Waals surface area (Å²) >= 11 is 0. The van der Waals surface area contributed by atoms with E-state index in [1.54, 1.807) is 0 Å². The lowest BCUT2D eigenvalue weighted by atomic mass is 9.87.